The highest BCUT2D eigenvalue weighted by Crippen LogP contribution is 2.29. The first-order valence-electron chi connectivity index (χ1n) is 9.47. The molecule has 154 valence electrons. The lowest BCUT2D eigenvalue weighted by Gasteiger charge is -2.14. The molecule has 1 amide bonds. The highest BCUT2D eigenvalue weighted by Gasteiger charge is 2.23. The van der Waals surface area contributed by atoms with E-state index < -0.39 is 0 Å². The van der Waals surface area contributed by atoms with E-state index in [0.717, 1.165) is 47.4 Å². The van der Waals surface area contributed by atoms with Crippen molar-refractivity contribution in [2.75, 3.05) is 17.7 Å². The van der Waals surface area contributed by atoms with Gasteiger partial charge in [-0.3, -0.25) is 14.7 Å². The average Bonchev–Trinajstić information content (AvgIpc) is 3.48. The molecule has 1 unspecified atom stereocenters. The lowest BCUT2D eigenvalue weighted by molar-refractivity contribution is -0.113. The van der Waals surface area contributed by atoms with E-state index in [9.17, 15) is 4.79 Å². The van der Waals surface area contributed by atoms with Gasteiger partial charge in [-0.05, 0) is 32.3 Å². The van der Waals surface area contributed by atoms with Gasteiger partial charge < -0.3 is 4.74 Å². The zero-order valence-corrected chi connectivity index (χ0v) is 18.7. The maximum absolute atomic E-state index is 12.3. The normalized spacial score (nSPS) is 16.4. The van der Waals surface area contributed by atoms with Crippen molar-refractivity contribution in [3.05, 3.63) is 21.3 Å². The van der Waals surface area contributed by atoms with Crippen molar-refractivity contribution in [2.24, 2.45) is 0 Å². The number of anilines is 1. The number of nitrogens with zero attached hydrogens (tertiary/aromatic N) is 5. The van der Waals surface area contributed by atoms with Gasteiger partial charge >= 0.3 is 0 Å². The number of aryl methyl sites for hydroxylation is 2. The molecular formula is C18H22N6O2S3. The Morgan fingerprint density at radius 3 is 2.97 bits per heavy atom. The average molecular weight is 451 g/mol. The molecule has 1 N–H and O–H groups in total. The molecule has 0 bridgehead atoms. The summed E-state index contributed by atoms with van der Waals surface area (Å²) in [5, 5.41) is 23.6. The summed E-state index contributed by atoms with van der Waals surface area (Å²) < 4.78 is 7.92. The lowest BCUT2D eigenvalue weighted by atomic mass is 10.2. The molecular weight excluding hydrogens is 428 g/mol. The third-order valence-electron chi connectivity index (χ3n) is 4.49. The van der Waals surface area contributed by atoms with Gasteiger partial charge in [-0.15, -0.1) is 31.7 Å². The third kappa shape index (κ3) is 5.03. The van der Waals surface area contributed by atoms with Gasteiger partial charge in [-0.25, -0.2) is 0 Å². The Morgan fingerprint density at radius 1 is 1.38 bits per heavy atom. The van der Waals surface area contributed by atoms with E-state index in [4.69, 9.17) is 4.74 Å². The molecule has 0 radical (unpaired) electrons. The van der Waals surface area contributed by atoms with Crippen molar-refractivity contribution in [3.63, 3.8) is 0 Å². The predicted octanol–water partition coefficient (Wildman–Crippen LogP) is 3.64. The summed E-state index contributed by atoms with van der Waals surface area (Å²) in [6.45, 7) is 5.49. The zero-order valence-electron chi connectivity index (χ0n) is 16.3. The summed E-state index contributed by atoms with van der Waals surface area (Å²) in [7, 11) is 0. The molecule has 0 spiro atoms. The number of carbonyl (C=O) groups is 1. The molecule has 1 saturated heterocycles. The van der Waals surface area contributed by atoms with Crippen molar-refractivity contribution >= 4 is 45.5 Å². The van der Waals surface area contributed by atoms with Gasteiger partial charge in [0.1, 0.15) is 5.01 Å². The molecule has 1 aliphatic rings. The molecule has 3 aromatic heterocycles. The number of ether oxygens (including phenoxy) is 1. The second-order valence-corrected chi connectivity index (χ2v) is 9.79. The maximum Gasteiger partial charge on any atom is 0.236 e. The summed E-state index contributed by atoms with van der Waals surface area (Å²) in [6.07, 6.45) is 3.26. The van der Waals surface area contributed by atoms with Gasteiger partial charge in [0.25, 0.3) is 0 Å². The van der Waals surface area contributed by atoms with Gasteiger partial charge in [0, 0.05) is 22.4 Å². The van der Waals surface area contributed by atoms with Crippen LogP contribution in [0.4, 0.5) is 5.13 Å². The highest BCUT2D eigenvalue weighted by molar-refractivity contribution is 7.99. The van der Waals surface area contributed by atoms with Crippen LogP contribution in [0.25, 0.3) is 11.4 Å². The quantitative estimate of drug-likeness (QED) is 0.524. The van der Waals surface area contributed by atoms with Gasteiger partial charge in [0.2, 0.25) is 11.0 Å². The molecule has 0 aromatic carbocycles. The van der Waals surface area contributed by atoms with Gasteiger partial charge in [-0.1, -0.05) is 30.0 Å². The standard InChI is InChI=1S/C18H22N6O2S3/c1-3-14-7-12(9-27-14)16-21-23-18(24(16)8-13-5-4-6-26-13)28-10-15(25)19-17-22-20-11(2)29-17/h7,9,13H,3-6,8,10H2,1-2H3,(H,19,22,25). The first-order chi connectivity index (χ1) is 14.1. The van der Waals surface area contributed by atoms with Crippen molar-refractivity contribution in [2.45, 2.75) is 50.9 Å². The number of nitrogens with one attached hydrogen (secondary N) is 1. The number of hydrogen-bond donors (Lipinski definition) is 1. The Hall–Kier alpha value is -1.82. The predicted molar refractivity (Wildman–Crippen MR) is 116 cm³/mol. The van der Waals surface area contributed by atoms with E-state index in [2.05, 4.69) is 48.6 Å². The van der Waals surface area contributed by atoms with E-state index >= 15 is 0 Å². The third-order valence-corrected chi connectivity index (χ3v) is 7.29. The minimum Gasteiger partial charge on any atom is -0.376 e. The zero-order chi connectivity index (χ0) is 20.2. The van der Waals surface area contributed by atoms with E-state index in [1.165, 1.54) is 28.0 Å². The Bertz CT molecular complexity index is 976. The summed E-state index contributed by atoms with van der Waals surface area (Å²) in [6, 6.07) is 2.17. The summed E-state index contributed by atoms with van der Waals surface area (Å²) in [5.74, 6) is 0.925. The molecule has 8 nitrogen and oxygen atoms in total. The maximum atomic E-state index is 12.3. The second-order valence-electron chi connectivity index (χ2n) is 6.67. The highest BCUT2D eigenvalue weighted by atomic mass is 32.2. The molecule has 0 aliphatic carbocycles. The van der Waals surface area contributed by atoms with Crippen molar-refractivity contribution in [1.29, 1.82) is 0 Å². The fourth-order valence-electron chi connectivity index (χ4n) is 3.08. The minimum absolute atomic E-state index is 0.136. The van der Waals surface area contributed by atoms with Crippen LogP contribution in [0.3, 0.4) is 0 Å². The topological polar surface area (TPSA) is 94.8 Å². The molecule has 0 saturated carbocycles. The summed E-state index contributed by atoms with van der Waals surface area (Å²) >= 11 is 4.46. The van der Waals surface area contributed by atoms with Crippen molar-refractivity contribution in [1.82, 2.24) is 25.0 Å². The summed E-state index contributed by atoms with van der Waals surface area (Å²) in [4.78, 5) is 13.6. The van der Waals surface area contributed by atoms with Gasteiger partial charge in [0.15, 0.2) is 11.0 Å². The number of thiophene rings is 1. The van der Waals surface area contributed by atoms with Crippen LogP contribution in [-0.4, -0.2) is 49.3 Å². The minimum atomic E-state index is -0.136. The number of amides is 1. The molecule has 1 aliphatic heterocycles. The smallest absolute Gasteiger partial charge is 0.236 e. The van der Waals surface area contributed by atoms with Crippen LogP contribution in [-0.2, 0) is 22.5 Å². The molecule has 4 heterocycles. The van der Waals surface area contributed by atoms with E-state index in [1.54, 1.807) is 11.3 Å². The van der Waals surface area contributed by atoms with Crippen molar-refractivity contribution in [3.8, 4) is 11.4 Å². The van der Waals surface area contributed by atoms with E-state index in [1.807, 2.05) is 6.92 Å². The monoisotopic (exact) mass is 450 g/mol. The van der Waals surface area contributed by atoms with Crippen LogP contribution in [0.1, 0.15) is 29.7 Å². The van der Waals surface area contributed by atoms with E-state index in [0.29, 0.717) is 11.7 Å². The van der Waals surface area contributed by atoms with Crippen molar-refractivity contribution < 1.29 is 9.53 Å². The molecule has 11 heteroatoms. The van der Waals surface area contributed by atoms with Crippen LogP contribution in [0.2, 0.25) is 0 Å². The lowest BCUT2D eigenvalue weighted by Crippen LogP contribution is -2.18. The number of thioether (sulfide) groups is 1. The SMILES string of the molecule is CCc1cc(-c2nnc(SCC(=O)Nc3nnc(C)s3)n2CC2CCCO2)cs1. The summed E-state index contributed by atoms with van der Waals surface area (Å²) in [5.41, 5.74) is 1.07. The van der Waals surface area contributed by atoms with Crippen LogP contribution in [0.15, 0.2) is 16.6 Å². The number of carbonyl (C=O) groups excluding carboxylic acids is 1. The Morgan fingerprint density at radius 2 is 2.28 bits per heavy atom. The Balaban J connectivity index is 1.49. The van der Waals surface area contributed by atoms with Crippen LogP contribution in [0.5, 0.6) is 0 Å². The molecule has 3 aromatic rings. The fraction of sp³-hybridized carbons (Fsp3) is 0.500. The second kappa shape index (κ2) is 9.33. The van der Waals surface area contributed by atoms with Crippen LogP contribution >= 0.6 is 34.4 Å². The number of aromatic nitrogens is 5. The van der Waals surface area contributed by atoms with Gasteiger partial charge in [-0.2, -0.15) is 0 Å². The van der Waals surface area contributed by atoms with E-state index in [-0.39, 0.29) is 17.8 Å². The molecule has 1 fully saturated rings. The van der Waals surface area contributed by atoms with Crippen LogP contribution < -0.4 is 5.32 Å². The Kier molecular flexibility index (Phi) is 6.58. The first kappa shape index (κ1) is 20.5. The largest absolute Gasteiger partial charge is 0.376 e. The molecule has 1 atom stereocenters. The fourth-order valence-corrected chi connectivity index (χ4v) is 5.25. The van der Waals surface area contributed by atoms with Gasteiger partial charge in [0.05, 0.1) is 18.4 Å². The molecule has 4 rings (SSSR count). The first-order valence-corrected chi connectivity index (χ1v) is 12.2. The molecule has 29 heavy (non-hydrogen) atoms. The number of rotatable bonds is 8. The van der Waals surface area contributed by atoms with Crippen LogP contribution in [0, 0.1) is 6.92 Å². The Labute approximate surface area is 181 Å². The number of hydrogen-bond acceptors (Lipinski definition) is 9.